The highest BCUT2D eigenvalue weighted by Gasteiger charge is 2.18. The maximum Gasteiger partial charge on any atom is 0.142 e. The average molecular weight is 321 g/mol. The van der Waals surface area contributed by atoms with Gasteiger partial charge in [0.05, 0.1) is 21.1 Å². The third-order valence-electron chi connectivity index (χ3n) is 3.43. The van der Waals surface area contributed by atoms with Crippen molar-refractivity contribution in [2.24, 2.45) is 5.73 Å². The molecule has 0 aliphatic heterocycles. The van der Waals surface area contributed by atoms with Crippen LogP contribution in [0.2, 0.25) is 10.0 Å². The molecule has 1 unspecified atom stereocenters. The maximum absolute atomic E-state index is 6.15. The molecule has 1 atom stereocenters. The lowest BCUT2D eigenvalue weighted by Crippen LogP contribution is -2.16. The second-order valence-electron chi connectivity index (χ2n) is 4.89. The summed E-state index contributed by atoms with van der Waals surface area (Å²) in [6.07, 6.45) is 3.51. The summed E-state index contributed by atoms with van der Waals surface area (Å²) in [5.41, 5.74) is 8.49. The van der Waals surface area contributed by atoms with Gasteiger partial charge in [-0.3, -0.25) is 4.98 Å². The highest BCUT2D eigenvalue weighted by atomic mass is 35.5. The zero-order valence-electron chi connectivity index (χ0n) is 11.4. The van der Waals surface area contributed by atoms with Crippen molar-refractivity contribution >= 4 is 34.2 Å². The third-order valence-corrected chi connectivity index (χ3v) is 4.16. The molecular formula is C15H14Cl2N4. The molecule has 21 heavy (non-hydrogen) atoms. The number of hydrogen-bond donors (Lipinski definition) is 1. The molecule has 0 spiro atoms. The lowest BCUT2D eigenvalue weighted by atomic mass is 10.2. The quantitative estimate of drug-likeness (QED) is 0.795. The number of pyridine rings is 1. The van der Waals surface area contributed by atoms with Crippen LogP contribution in [-0.2, 0) is 0 Å². The van der Waals surface area contributed by atoms with E-state index < -0.39 is 0 Å². The zero-order valence-corrected chi connectivity index (χ0v) is 12.9. The largest absolute Gasteiger partial charge is 0.328 e. The molecule has 2 aromatic heterocycles. The summed E-state index contributed by atoms with van der Waals surface area (Å²) in [6.45, 7) is 2.54. The molecule has 0 aliphatic carbocycles. The van der Waals surface area contributed by atoms with Gasteiger partial charge < -0.3 is 10.3 Å². The first-order valence-electron chi connectivity index (χ1n) is 6.59. The van der Waals surface area contributed by atoms with E-state index in [1.54, 1.807) is 18.5 Å². The van der Waals surface area contributed by atoms with E-state index in [1.165, 1.54) is 0 Å². The third kappa shape index (κ3) is 2.50. The molecule has 0 aliphatic rings. The van der Waals surface area contributed by atoms with E-state index >= 15 is 0 Å². The molecule has 4 nitrogen and oxygen atoms in total. The molecule has 0 amide bonds. The fourth-order valence-electron chi connectivity index (χ4n) is 2.34. The number of halogens is 2. The molecule has 0 fully saturated rings. The predicted molar refractivity (Wildman–Crippen MR) is 86.7 cm³/mol. The molecule has 2 N–H and O–H groups in total. The van der Waals surface area contributed by atoms with Crippen LogP contribution >= 0.6 is 23.2 Å². The van der Waals surface area contributed by atoms with Crippen LogP contribution in [-0.4, -0.2) is 21.1 Å². The maximum atomic E-state index is 6.15. The monoisotopic (exact) mass is 320 g/mol. The molecule has 2 heterocycles. The fraction of sp³-hybridized carbons (Fsp3) is 0.200. The molecule has 0 saturated heterocycles. The van der Waals surface area contributed by atoms with E-state index in [4.69, 9.17) is 28.9 Å². The molecule has 0 bridgehead atoms. The van der Waals surface area contributed by atoms with Crippen LogP contribution in [0.3, 0.4) is 0 Å². The zero-order chi connectivity index (χ0) is 15.0. The van der Waals surface area contributed by atoms with E-state index in [-0.39, 0.29) is 6.04 Å². The van der Waals surface area contributed by atoms with E-state index in [1.807, 2.05) is 25.1 Å². The molecule has 1 aromatic carbocycles. The van der Waals surface area contributed by atoms with Gasteiger partial charge >= 0.3 is 0 Å². The topological polar surface area (TPSA) is 56.7 Å². The van der Waals surface area contributed by atoms with Gasteiger partial charge in [-0.05, 0) is 31.2 Å². The smallest absolute Gasteiger partial charge is 0.142 e. The van der Waals surface area contributed by atoms with Gasteiger partial charge in [0.2, 0.25) is 0 Å². The Labute approximate surface area is 132 Å². The molecule has 108 valence electrons. The predicted octanol–water partition coefficient (Wildman–Crippen LogP) is 3.92. The van der Waals surface area contributed by atoms with Gasteiger partial charge in [0.1, 0.15) is 5.82 Å². The Bertz CT molecular complexity index is 783. The Balaban J connectivity index is 2.33. The normalized spacial score (nSPS) is 12.8. The Morgan fingerprint density at radius 3 is 2.71 bits per heavy atom. The van der Waals surface area contributed by atoms with Crippen molar-refractivity contribution in [3.63, 3.8) is 0 Å². The summed E-state index contributed by atoms with van der Waals surface area (Å²) >= 11 is 12.2. The van der Waals surface area contributed by atoms with E-state index in [0.29, 0.717) is 16.6 Å². The summed E-state index contributed by atoms with van der Waals surface area (Å²) < 4.78 is 2.08. The summed E-state index contributed by atoms with van der Waals surface area (Å²) in [6, 6.07) is 7.54. The molecule has 0 saturated carbocycles. The summed E-state index contributed by atoms with van der Waals surface area (Å²) in [7, 11) is 0. The fourth-order valence-corrected chi connectivity index (χ4v) is 2.66. The number of aromatic nitrogens is 3. The van der Waals surface area contributed by atoms with Crippen molar-refractivity contribution in [3.8, 4) is 11.4 Å². The number of benzene rings is 1. The van der Waals surface area contributed by atoms with Crippen LogP contribution in [0.15, 0.2) is 36.7 Å². The van der Waals surface area contributed by atoms with Crippen molar-refractivity contribution in [3.05, 3.63) is 46.7 Å². The molecular weight excluding hydrogens is 307 g/mol. The molecule has 6 heteroatoms. The van der Waals surface area contributed by atoms with Gasteiger partial charge in [-0.2, -0.15) is 0 Å². The van der Waals surface area contributed by atoms with Crippen LogP contribution < -0.4 is 5.73 Å². The number of hydrogen-bond acceptors (Lipinski definition) is 3. The van der Waals surface area contributed by atoms with Crippen molar-refractivity contribution in [2.45, 2.75) is 13.0 Å². The van der Waals surface area contributed by atoms with Crippen molar-refractivity contribution in [1.29, 1.82) is 0 Å². The van der Waals surface area contributed by atoms with Gasteiger partial charge in [0.25, 0.3) is 0 Å². The second kappa shape index (κ2) is 5.64. The first-order chi connectivity index (χ1) is 10.1. The Kier molecular flexibility index (Phi) is 3.85. The van der Waals surface area contributed by atoms with Crippen LogP contribution in [0.1, 0.15) is 13.0 Å². The molecule has 3 rings (SSSR count). The lowest BCUT2D eigenvalue weighted by Gasteiger charge is -2.15. The summed E-state index contributed by atoms with van der Waals surface area (Å²) in [5.74, 6) is 0.814. The average Bonchev–Trinajstić information content (AvgIpc) is 2.86. The van der Waals surface area contributed by atoms with Crippen LogP contribution in [0.25, 0.3) is 22.4 Å². The first kappa shape index (κ1) is 14.3. The number of nitrogens with zero attached hydrogens (tertiary/aromatic N) is 3. The van der Waals surface area contributed by atoms with Crippen LogP contribution in [0.4, 0.5) is 0 Å². The van der Waals surface area contributed by atoms with Crippen molar-refractivity contribution in [1.82, 2.24) is 14.5 Å². The SMILES string of the molecule is CC(CN)n1c(-c2cccnc2)nc2cc(Cl)c(Cl)cc21. The highest BCUT2D eigenvalue weighted by Crippen LogP contribution is 2.33. The van der Waals surface area contributed by atoms with E-state index in [2.05, 4.69) is 14.5 Å². The number of fused-ring (bicyclic) bond motifs is 1. The standard InChI is InChI=1S/C15H14Cl2N4/c1-9(7-18)21-14-6-12(17)11(16)5-13(14)20-15(21)10-3-2-4-19-8-10/h2-6,8-9H,7,18H2,1H3. The van der Waals surface area contributed by atoms with Crippen molar-refractivity contribution < 1.29 is 0 Å². The van der Waals surface area contributed by atoms with Gasteiger partial charge in [0.15, 0.2) is 0 Å². The van der Waals surface area contributed by atoms with Crippen LogP contribution in [0, 0.1) is 0 Å². The van der Waals surface area contributed by atoms with E-state index in [9.17, 15) is 0 Å². The van der Waals surface area contributed by atoms with Crippen molar-refractivity contribution in [2.75, 3.05) is 6.54 Å². The Morgan fingerprint density at radius 2 is 2.05 bits per heavy atom. The molecule has 0 radical (unpaired) electrons. The van der Waals surface area contributed by atoms with Gasteiger partial charge in [-0.15, -0.1) is 0 Å². The Hall–Kier alpha value is -1.62. The minimum absolute atomic E-state index is 0.0856. The van der Waals surface area contributed by atoms with Gasteiger partial charge in [-0.1, -0.05) is 23.2 Å². The number of imidazole rings is 1. The highest BCUT2D eigenvalue weighted by molar-refractivity contribution is 6.42. The molecule has 3 aromatic rings. The minimum atomic E-state index is 0.0856. The van der Waals surface area contributed by atoms with E-state index in [0.717, 1.165) is 22.4 Å². The van der Waals surface area contributed by atoms with Gasteiger partial charge in [0, 0.05) is 30.5 Å². The minimum Gasteiger partial charge on any atom is -0.328 e. The number of rotatable bonds is 3. The Morgan fingerprint density at radius 1 is 1.29 bits per heavy atom. The lowest BCUT2D eigenvalue weighted by molar-refractivity contribution is 0.578. The first-order valence-corrected chi connectivity index (χ1v) is 7.35. The van der Waals surface area contributed by atoms with Crippen LogP contribution in [0.5, 0.6) is 0 Å². The summed E-state index contributed by atoms with van der Waals surface area (Å²) in [5, 5.41) is 0.999. The van der Waals surface area contributed by atoms with Gasteiger partial charge in [-0.25, -0.2) is 4.98 Å². The number of nitrogens with two attached hydrogens (primary N) is 1. The second-order valence-corrected chi connectivity index (χ2v) is 5.70. The summed E-state index contributed by atoms with van der Waals surface area (Å²) in [4.78, 5) is 8.83.